The molecule has 158 valence electrons. The first-order chi connectivity index (χ1) is 15.5. The molecule has 0 amide bonds. The first-order valence-corrected chi connectivity index (χ1v) is 9.54. The van der Waals surface area contributed by atoms with E-state index in [1.807, 2.05) is 42.5 Å². The number of para-hydroxylation sites is 1. The van der Waals surface area contributed by atoms with Crippen LogP contribution in [0.25, 0.3) is 11.1 Å². The zero-order valence-electron chi connectivity index (χ0n) is 16.6. The van der Waals surface area contributed by atoms with Gasteiger partial charge in [-0.15, -0.1) is 0 Å². The third-order valence-electron chi connectivity index (χ3n) is 4.61. The topological polar surface area (TPSA) is 105 Å². The number of ether oxygens (including phenoxy) is 2. The van der Waals surface area contributed by atoms with E-state index in [9.17, 15) is 20.2 Å². The minimum absolute atomic E-state index is 0.0438. The summed E-state index contributed by atoms with van der Waals surface area (Å²) in [4.78, 5) is 20.9. The zero-order valence-corrected chi connectivity index (χ0v) is 16.6. The molecule has 0 fully saturated rings. The Bertz CT molecular complexity index is 1260. The van der Waals surface area contributed by atoms with Gasteiger partial charge < -0.3 is 9.47 Å². The third-order valence-corrected chi connectivity index (χ3v) is 4.61. The Labute approximate surface area is 182 Å². The van der Waals surface area contributed by atoms with Crippen molar-refractivity contribution in [2.75, 3.05) is 0 Å². The molecule has 0 atom stereocenters. The van der Waals surface area contributed by atoms with Crippen molar-refractivity contribution in [3.8, 4) is 34.1 Å². The molecule has 0 bridgehead atoms. The molecule has 0 spiro atoms. The molecular weight excluding hydrogens is 412 g/mol. The summed E-state index contributed by atoms with van der Waals surface area (Å²) >= 11 is 0. The molecule has 0 aromatic heterocycles. The van der Waals surface area contributed by atoms with Crippen LogP contribution in [0, 0.1) is 20.2 Å². The maximum absolute atomic E-state index is 10.9. The predicted molar refractivity (Wildman–Crippen MR) is 118 cm³/mol. The lowest BCUT2D eigenvalue weighted by Crippen LogP contribution is -1.94. The summed E-state index contributed by atoms with van der Waals surface area (Å²) in [6.07, 6.45) is 0. The predicted octanol–water partition coefficient (Wildman–Crippen LogP) is 6.75. The first-order valence-electron chi connectivity index (χ1n) is 9.54. The normalized spacial score (nSPS) is 10.4. The molecule has 0 saturated heterocycles. The van der Waals surface area contributed by atoms with Gasteiger partial charge in [-0.2, -0.15) is 0 Å². The summed E-state index contributed by atoms with van der Waals surface area (Å²) in [7, 11) is 0. The Balaban J connectivity index is 1.74. The van der Waals surface area contributed by atoms with Crippen molar-refractivity contribution in [1.29, 1.82) is 0 Å². The molecule has 0 aliphatic heterocycles. The fourth-order valence-corrected chi connectivity index (χ4v) is 3.06. The van der Waals surface area contributed by atoms with Crippen LogP contribution in [0.3, 0.4) is 0 Å². The number of hydrogen-bond donors (Lipinski definition) is 0. The van der Waals surface area contributed by atoms with Gasteiger partial charge in [0.25, 0.3) is 11.4 Å². The van der Waals surface area contributed by atoms with Crippen LogP contribution < -0.4 is 9.47 Å². The van der Waals surface area contributed by atoms with Gasteiger partial charge in [0.1, 0.15) is 11.5 Å². The van der Waals surface area contributed by atoms with E-state index in [0.717, 1.165) is 11.1 Å². The molecule has 4 aromatic rings. The van der Waals surface area contributed by atoms with Crippen LogP contribution >= 0.6 is 0 Å². The lowest BCUT2D eigenvalue weighted by Gasteiger charge is -2.16. The van der Waals surface area contributed by atoms with Crippen LogP contribution in [0.15, 0.2) is 97.1 Å². The number of hydrogen-bond acceptors (Lipinski definition) is 6. The highest BCUT2D eigenvalue weighted by molar-refractivity contribution is 5.74. The summed E-state index contributed by atoms with van der Waals surface area (Å²) < 4.78 is 12.1. The maximum Gasteiger partial charge on any atom is 0.269 e. The smallest absolute Gasteiger partial charge is 0.269 e. The van der Waals surface area contributed by atoms with Crippen molar-refractivity contribution >= 4 is 11.4 Å². The molecule has 0 radical (unpaired) electrons. The van der Waals surface area contributed by atoms with Crippen molar-refractivity contribution in [3.05, 3.63) is 117 Å². The molecule has 32 heavy (non-hydrogen) atoms. The second-order valence-corrected chi connectivity index (χ2v) is 6.71. The van der Waals surface area contributed by atoms with E-state index in [-0.39, 0.29) is 11.4 Å². The fourth-order valence-electron chi connectivity index (χ4n) is 3.06. The average Bonchev–Trinajstić information content (AvgIpc) is 2.81. The molecule has 4 aromatic carbocycles. The molecule has 0 N–H and O–H groups in total. The summed E-state index contributed by atoms with van der Waals surface area (Å²) in [6, 6.07) is 26.4. The Morgan fingerprint density at radius 1 is 0.562 bits per heavy atom. The van der Waals surface area contributed by atoms with Gasteiger partial charge in [-0.3, -0.25) is 20.2 Å². The van der Waals surface area contributed by atoms with Gasteiger partial charge in [-0.05, 0) is 35.9 Å². The van der Waals surface area contributed by atoms with Gasteiger partial charge in [0.2, 0.25) is 0 Å². The molecule has 0 saturated carbocycles. The highest BCUT2D eigenvalue weighted by Gasteiger charge is 2.16. The Hall–Kier alpha value is -4.72. The minimum Gasteiger partial charge on any atom is -0.453 e. The van der Waals surface area contributed by atoms with Gasteiger partial charge in [-0.1, -0.05) is 42.5 Å². The highest BCUT2D eigenvalue weighted by Crippen LogP contribution is 2.43. The van der Waals surface area contributed by atoms with Crippen LogP contribution in [-0.2, 0) is 0 Å². The van der Waals surface area contributed by atoms with E-state index in [4.69, 9.17) is 9.47 Å². The average molecular weight is 428 g/mol. The first kappa shape index (κ1) is 20.5. The second kappa shape index (κ2) is 8.97. The quantitative estimate of drug-likeness (QED) is 0.238. The molecule has 0 aliphatic rings. The summed E-state index contributed by atoms with van der Waals surface area (Å²) in [6.45, 7) is 0. The van der Waals surface area contributed by atoms with Crippen molar-refractivity contribution in [1.82, 2.24) is 0 Å². The highest BCUT2D eigenvalue weighted by atomic mass is 16.6. The minimum atomic E-state index is -0.483. The van der Waals surface area contributed by atoms with E-state index in [0.29, 0.717) is 23.0 Å². The molecule has 0 aliphatic carbocycles. The zero-order chi connectivity index (χ0) is 22.5. The van der Waals surface area contributed by atoms with Crippen molar-refractivity contribution in [3.63, 3.8) is 0 Å². The summed E-state index contributed by atoms with van der Waals surface area (Å²) in [5, 5.41) is 21.8. The van der Waals surface area contributed by atoms with E-state index in [1.54, 1.807) is 6.07 Å². The lowest BCUT2D eigenvalue weighted by molar-refractivity contribution is -0.385. The Kier molecular flexibility index (Phi) is 5.76. The number of benzene rings is 4. The Morgan fingerprint density at radius 2 is 1.09 bits per heavy atom. The van der Waals surface area contributed by atoms with Crippen molar-refractivity contribution in [2.24, 2.45) is 0 Å². The van der Waals surface area contributed by atoms with Gasteiger partial charge in [0, 0.05) is 29.8 Å². The van der Waals surface area contributed by atoms with Gasteiger partial charge in [-0.25, -0.2) is 0 Å². The third kappa shape index (κ3) is 4.54. The van der Waals surface area contributed by atoms with E-state index in [1.165, 1.54) is 48.5 Å². The number of nitro benzene ring substituents is 2. The van der Waals surface area contributed by atoms with Gasteiger partial charge in [0.05, 0.1) is 9.85 Å². The monoisotopic (exact) mass is 428 g/mol. The fraction of sp³-hybridized carbons (Fsp3) is 0. The second-order valence-electron chi connectivity index (χ2n) is 6.71. The Morgan fingerprint density at radius 3 is 1.62 bits per heavy atom. The van der Waals surface area contributed by atoms with Gasteiger partial charge >= 0.3 is 0 Å². The van der Waals surface area contributed by atoms with Crippen LogP contribution in [0.5, 0.6) is 23.0 Å². The number of non-ortho nitro benzene ring substituents is 2. The van der Waals surface area contributed by atoms with E-state index in [2.05, 4.69) is 0 Å². The number of nitrogens with zero attached hydrogens (tertiary/aromatic N) is 2. The summed E-state index contributed by atoms with van der Waals surface area (Å²) in [5.41, 5.74) is 1.55. The van der Waals surface area contributed by atoms with Crippen molar-refractivity contribution < 1.29 is 19.3 Å². The standard InChI is InChI=1S/C24H16N2O6/c27-25(28)18-9-13-20(14-10-18)31-23-8-4-7-22(17-5-2-1-3-6-17)24(23)32-21-15-11-19(12-16-21)26(29)30/h1-16H. The lowest BCUT2D eigenvalue weighted by atomic mass is 10.0. The number of rotatable bonds is 7. The maximum atomic E-state index is 10.9. The van der Waals surface area contributed by atoms with Crippen LogP contribution in [0.4, 0.5) is 11.4 Å². The van der Waals surface area contributed by atoms with E-state index < -0.39 is 9.85 Å². The molecule has 4 rings (SSSR count). The van der Waals surface area contributed by atoms with Crippen LogP contribution in [0.2, 0.25) is 0 Å². The van der Waals surface area contributed by atoms with Gasteiger partial charge in [0.15, 0.2) is 11.5 Å². The molecule has 8 nitrogen and oxygen atoms in total. The molecular formula is C24H16N2O6. The van der Waals surface area contributed by atoms with Crippen molar-refractivity contribution in [2.45, 2.75) is 0 Å². The molecule has 8 heteroatoms. The largest absolute Gasteiger partial charge is 0.453 e. The van der Waals surface area contributed by atoms with Crippen LogP contribution in [-0.4, -0.2) is 9.85 Å². The SMILES string of the molecule is O=[N+]([O-])c1ccc(Oc2cccc(-c3ccccc3)c2Oc2ccc([N+](=O)[O-])cc2)cc1. The van der Waals surface area contributed by atoms with Crippen LogP contribution in [0.1, 0.15) is 0 Å². The molecule has 0 unspecified atom stereocenters. The molecule has 0 heterocycles. The van der Waals surface area contributed by atoms with E-state index >= 15 is 0 Å². The summed E-state index contributed by atoms with van der Waals surface area (Å²) in [5.74, 6) is 1.59. The number of nitro groups is 2.